The van der Waals surface area contributed by atoms with Crippen molar-refractivity contribution >= 4 is 5.91 Å². The highest BCUT2D eigenvalue weighted by Crippen LogP contribution is 2.10. The van der Waals surface area contributed by atoms with Crippen LogP contribution >= 0.6 is 0 Å². The average Bonchev–Trinajstić information content (AvgIpc) is 2.25. The molecule has 0 aromatic heterocycles. The Balaban J connectivity index is 2.54. The highest BCUT2D eigenvalue weighted by molar-refractivity contribution is 5.81. The first-order chi connectivity index (χ1) is 8.69. The molecule has 0 heterocycles. The molecule has 0 aliphatic heterocycles. The van der Waals surface area contributed by atoms with Gasteiger partial charge in [-0.1, -0.05) is 23.8 Å². The third-order valence-corrected chi connectivity index (χ3v) is 2.99. The highest BCUT2D eigenvalue weighted by Gasteiger charge is 2.18. The topological polar surface area (TPSA) is 41.1 Å². The summed E-state index contributed by atoms with van der Waals surface area (Å²) in [5.41, 5.74) is 3.57. The molecule has 1 amide bonds. The number of carbonyl (C=O) groups is 1. The van der Waals surface area contributed by atoms with E-state index in [0.29, 0.717) is 6.54 Å². The van der Waals surface area contributed by atoms with Crippen LogP contribution in [0, 0.1) is 13.8 Å². The Labute approximate surface area is 116 Å². The number of amides is 1. The van der Waals surface area contributed by atoms with Crippen LogP contribution in [0.3, 0.4) is 0 Å². The molecule has 3 heteroatoms. The fraction of sp³-hybridized carbons (Fsp3) is 0.562. The molecule has 1 aromatic carbocycles. The molecule has 106 valence electrons. The van der Waals surface area contributed by atoms with Gasteiger partial charge in [0.05, 0.1) is 6.04 Å². The Hall–Kier alpha value is -1.35. The molecular formula is C16H26N2O. The van der Waals surface area contributed by atoms with Gasteiger partial charge in [0.1, 0.15) is 0 Å². The van der Waals surface area contributed by atoms with Gasteiger partial charge in [0, 0.05) is 12.1 Å². The Bertz CT molecular complexity index is 447. The summed E-state index contributed by atoms with van der Waals surface area (Å²) >= 11 is 0. The van der Waals surface area contributed by atoms with Crippen molar-refractivity contribution in [3.63, 3.8) is 0 Å². The summed E-state index contributed by atoms with van der Waals surface area (Å²) in [5, 5.41) is 6.25. The molecular weight excluding hydrogens is 236 g/mol. The number of carbonyl (C=O) groups excluding carboxylic acids is 1. The minimum atomic E-state index is -0.195. The van der Waals surface area contributed by atoms with Crippen molar-refractivity contribution in [2.24, 2.45) is 0 Å². The second-order valence-corrected chi connectivity index (χ2v) is 6.27. The highest BCUT2D eigenvalue weighted by atomic mass is 16.2. The van der Waals surface area contributed by atoms with Crippen molar-refractivity contribution in [2.45, 2.75) is 59.7 Å². The lowest BCUT2D eigenvalue weighted by Gasteiger charge is -2.24. The van der Waals surface area contributed by atoms with Gasteiger partial charge in [-0.2, -0.15) is 0 Å². The summed E-state index contributed by atoms with van der Waals surface area (Å²) in [4.78, 5) is 11.9. The van der Waals surface area contributed by atoms with Crippen LogP contribution in [0.1, 0.15) is 44.4 Å². The van der Waals surface area contributed by atoms with Gasteiger partial charge in [0.2, 0.25) is 5.91 Å². The maximum Gasteiger partial charge on any atom is 0.237 e. The summed E-state index contributed by atoms with van der Waals surface area (Å²) in [6, 6.07) is 6.19. The third-order valence-electron chi connectivity index (χ3n) is 2.99. The van der Waals surface area contributed by atoms with E-state index in [1.165, 1.54) is 16.7 Å². The van der Waals surface area contributed by atoms with Gasteiger partial charge in [-0.05, 0) is 52.7 Å². The first kappa shape index (κ1) is 15.7. The summed E-state index contributed by atoms with van der Waals surface area (Å²) in [7, 11) is 0. The monoisotopic (exact) mass is 262 g/mol. The van der Waals surface area contributed by atoms with Crippen LogP contribution in [0.2, 0.25) is 0 Å². The van der Waals surface area contributed by atoms with E-state index in [4.69, 9.17) is 0 Å². The number of hydrogen-bond acceptors (Lipinski definition) is 2. The lowest BCUT2D eigenvalue weighted by molar-refractivity contribution is -0.124. The van der Waals surface area contributed by atoms with Gasteiger partial charge >= 0.3 is 0 Å². The predicted molar refractivity (Wildman–Crippen MR) is 80.1 cm³/mol. The molecule has 0 spiro atoms. The summed E-state index contributed by atoms with van der Waals surface area (Å²) in [6.45, 7) is 12.8. The standard InChI is InChI=1S/C16H26N2O/c1-11-7-8-14(12(2)9-11)10-17-13(3)15(19)18-16(4,5)6/h7-9,13,17H,10H2,1-6H3,(H,18,19). The van der Waals surface area contributed by atoms with Gasteiger partial charge in [-0.3, -0.25) is 4.79 Å². The SMILES string of the molecule is Cc1ccc(CNC(C)C(=O)NC(C)(C)C)c(C)c1. The van der Waals surface area contributed by atoms with Crippen molar-refractivity contribution in [3.8, 4) is 0 Å². The fourth-order valence-corrected chi connectivity index (χ4v) is 1.88. The normalized spacial score (nSPS) is 13.2. The zero-order valence-corrected chi connectivity index (χ0v) is 12.9. The van der Waals surface area contributed by atoms with Gasteiger partial charge in [-0.25, -0.2) is 0 Å². The van der Waals surface area contributed by atoms with Crippen LogP contribution in [0.15, 0.2) is 18.2 Å². The fourth-order valence-electron chi connectivity index (χ4n) is 1.88. The molecule has 3 nitrogen and oxygen atoms in total. The molecule has 0 bridgehead atoms. The lowest BCUT2D eigenvalue weighted by atomic mass is 10.1. The Morgan fingerprint density at radius 1 is 1.26 bits per heavy atom. The second-order valence-electron chi connectivity index (χ2n) is 6.27. The second kappa shape index (κ2) is 6.20. The van der Waals surface area contributed by atoms with Crippen LogP contribution in [0.5, 0.6) is 0 Å². The first-order valence-electron chi connectivity index (χ1n) is 6.80. The van der Waals surface area contributed by atoms with Gasteiger partial charge in [-0.15, -0.1) is 0 Å². The summed E-state index contributed by atoms with van der Waals surface area (Å²) in [5.74, 6) is 0.0391. The van der Waals surface area contributed by atoms with Crippen LogP contribution in [-0.4, -0.2) is 17.5 Å². The molecule has 1 unspecified atom stereocenters. The summed E-state index contributed by atoms with van der Waals surface area (Å²) < 4.78 is 0. The zero-order valence-electron chi connectivity index (χ0n) is 12.9. The molecule has 0 fully saturated rings. The third kappa shape index (κ3) is 5.43. The zero-order chi connectivity index (χ0) is 14.6. The van der Waals surface area contributed by atoms with E-state index >= 15 is 0 Å². The van der Waals surface area contributed by atoms with Gasteiger partial charge in [0.25, 0.3) is 0 Å². The summed E-state index contributed by atoms with van der Waals surface area (Å²) in [6.07, 6.45) is 0. The number of hydrogen-bond donors (Lipinski definition) is 2. The molecule has 1 rings (SSSR count). The first-order valence-corrected chi connectivity index (χ1v) is 6.80. The Morgan fingerprint density at radius 2 is 1.89 bits per heavy atom. The van der Waals surface area contributed by atoms with E-state index < -0.39 is 0 Å². The largest absolute Gasteiger partial charge is 0.350 e. The minimum absolute atomic E-state index is 0.0391. The van der Waals surface area contributed by atoms with E-state index in [1.807, 2.05) is 27.7 Å². The van der Waals surface area contributed by atoms with E-state index in [9.17, 15) is 4.79 Å². The van der Waals surface area contributed by atoms with Crippen molar-refractivity contribution in [1.29, 1.82) is 0 Å². The Kier molecular flexibility index (Phi) is 5.12. The van der Waals surface area contributed by atoms with E-state index in [-0.39, 0.29) is 17.5 Å². The van der Waals surface area contributed by atoms with E-state index in [1.54, 1.807) is 0 Å². The number of benzene rings is 1. The van der Waals surface area contributed by atoms with Crippen molar-refractivity contribution in [1.82, 2.24) is 10.6 Å². The molecule has 1 atom stereocenters. The smallest absolute Gasteiger partial charge is 0.237 e. The Morgan fingerprint density at radius 3 is 2.42 bits per heavy atom. The van der Waals surface area contributed by atoms with Crippen LogP contribution in [0.4, 0.5) is 0 Å². The van der Waals surface area contributed by atoms with E-state index in [0.717, 1.165) is 0 Å². The maximum absolute atomic E-state index is 11.9. The maximum atomic E-state index is 11.9. The lowest BCUT2D eigenvalue weighted by Crippen LogP contribution is -2.49. The van der Waals surface area contributed by atoms with Crippen molar-refractivity contribution in [2.75, 3.05) is 0 Å². The molecule has 0 aliphatic carbocycles. The van der Waals surface area contributed by atoms with Crippen LogP contribution < -0.4 is 10.6 Å². The molecule has 0 aliphatic rings. The number of nitrogens with one attached hydrogen (secondary N) is 2. The molecule has 2 N–H and O–H groups in total. The van der Waals surface area contributed by atoms with Gasteiger partial charge < -0.3 is 10.6 Å². The minimum Gasteiger partial charge on any atom is -0.350 e. The van der Waals surface area contributed by atoms with Crippen LogP contribution in [-0.2, 0) is 11.3 Å². The molecule has 19 heavy (non-hydrogen) atoms. The average molecular weight is 262 g/mol. The molecule has 1 aromatic rings. The molecule has 0 saturated heterocycles. The van der Waals surface area contributed by atoms with Crippen molar-refractivity contribution in [3.05, 3.63) is 34.9 Å². The van der Waals surface area contributed by atoms with E-state index in [2.05, 4.69) is 42.7 Å². The number of rotatable bonds is 4. The predicted octanol–water partition coefficient (Wildman–Crippen LogP) is 2.70. The van der Waals surface area contributed by atoms with Crippen LogP contribution in [0.25, 0.3) is 0 Å². The quantitative estimate of drug-likeness (QED) is 0.876. The number of aryl methyl sites for hydroxylation is 2. The van der Waals surface area contributed by atoms with Crippen molar-refractivity contribution < 1.29 is 4.79 Å². The molecule has 0 radical (unpaired) electrons. The van der Waals surface area contributed by atoms with Gasteiger partial charge in [0.15, 0.2) is 0 Å². The molecule has 0 saturated carbocycles.